The van der Waals surface area contributed by atoms with Crippen LogP contribution in [0.1, 0.15) is 46.0 Å². The van der Waals surface area contributed by atoms with Crippen LogP contribution in [0.4, 0.5) is 0 Å². The first-order valence-corrected chi connectivity index (χ1v) is 10.8. The summed E-state index contributed by atoms with van der Waals surface area (Å²) in [6.45, 7) is 2.60. The molecule has 0 amide bonds. The summed E-state index contributed by atoms with van der Waals surface area (Å²) >= 11 is 1.65. The zero-order valence-corrected chi connectivity index (χ0v) is 17.5. The summed E-state index contributed by atoms with van der Waals surface area (Å²) in [5, 5.41) is 18.9. The number of thiazole rings is 1. The van der Waals surface area contributed by atoms with E-state index in [1.165, 1.54) is 10.4 Å². The molecule has 0 saturated heterocycles. The normalized spacial score (nSPS) is 14.9. The summed E-state index contributed by atoms with van der Waals surface area (Å²) in [4.78, 5) is 16.9. The number of carboxylic acids is 1. The molecule has 0 bridgehead atoms. The molecule has 1 N–H and O–H groups in total. The van der Waals surface area contributed by atoms with Gasteiger partial charge in [0.05, 0.1) is 30.4 Å². The number of aliphatic carboxylic acids is 1. The number of carbonyl (C=O) groups is 1. The number of nitrogens with zero attached hydrogens (tertiary/aromatic N) is 2. The van der Waals surface area contributed by atoms with Crippen molar-refractivity contribution in [1.82, 2.24) is 4.98 Å². The van der Waals surface area contributed by atoms with Crippen LogP contribution in [0.2, 0.25) is 0 Å². The molecule has 0 saturated carbocycles. The molecule has 1 unspecified atom stereocenters. The van der Waals surface area contributed by atoms with Crippen LogP contribution in [0.5, 0.6) is 5.75 Å². The molecular formula is C24H22N2O3S. The van der Waals surface area contributed by atoms with Gasteiger partial charge in [-0.3, -0.25) is 4.79 Å². The van der Waals surface area contributed by atoms with Gasteiger partial charge in [0, 0.05) is 16.9 Å². The van der Waals surface area contributed by atoms with Crippen LogP contribution in [-0.4, -0.2) is 22.7 Å². The molecule has 0 spiro atoms. The Morgan fingerprint density at radius 3 is 2.83 bits per heavy atom. The Hall–Kier alpha value is -3.17. The highest BCUT2D eigenvalue weighted by molar-refractivity contribution is 7.15. The van der Waals surface area contributed by atoms with Gasteiger partial charge >= 0.3 is 5.97 Å². The highest BCUT2D eigenvalue weighted by atomic mass is 32.1. The number of nitriles is 1. The SMILES string of the molecule is Cc1sc(-c2ccc(C#N)cc2)nc1CCOc1ccc2c(c1)CCC2CC(=O)O. The van der Waals surface area contributed by atoms with Crippen molar-refractivity contribution in [2.75, 3.05) is 6.61 Å². The van der Waals surface area contributed by atoms with E-state index in [-0.39, 0.29) is 12.3 Å². The van der Waals surface area contributed by atoms with Crippen molar-refractivity contribution in [1.29, 1.82) is 5.26 Å². The lowest BCUT2D eigenvalue weighted by molar-refractivity contribution is -0.137. The molecule has 0 fully saturated rings. The van der Waals surface area contributed by atoms with Crippen LogP contribution in [0.25, 0.3) is 10.6 Å². The van der Waals surface area contributed by atoms with E-state index in [0.717, 1.165) is 46.8 Å². The third-order valence-corrected chi connectivity index (χ3v) is 6.56. The molecule has 152 valence electrons. The molecule has 30 heavy (non-hydrogen) atoms. The Morgan fingerprint density at radius 1 is 1.30 bits per heavy atom. The zero-order valence-electron chi connectivity index (χ0n) is 16.7. The fraction of sp³-hybridized carbons (Fsp3) is 0.292. The Balaban J connectivity index is 1.37. The molecule has 1 aliphatic rings. The predicted molar refractivity (Wildman–Crippen MR) is 116 cm³/mol. The summed E-state index contributed by atoms with van der Waals surface area (Å²) < 4.78 is 5.96. The summed E-state index contributed by atoms with van der Waals surface area (Å²) in [7, 11) is 0. The summed E-state index contributed by atoms with van der Waals surface area (Å²) in [6.07, 6.45) is 2.71. The number of rotatable bonds is 7. The molecular weight excluding hydrogens is 396 g/mol. The average molecular weight is 419 g/mol. The van der Waals surface area contributed by atoms with Crippen molar-refractivity contribution in [2.24, 2.45) is 0 Å². The number of carboxylic acid groups (broad SMARTS) is 1. The number of fused-ring (bicyclic) bond motifs is 1. The maximum absolute atomic E-state index is 11.0. The lowest BCUT2D eigenvalue weighted by atomic mass is 9.98. The minimum absolute atomic E-state index is 0.116. The Morgan fingerprint density at radius 2 is 2.10 bits per heavy atom. The number of hydrogen-bond acceptors (Lipinski definition) is 5. The molecule has 1 atom stereocenters. The molecule has 5 nitrogen and oxygen atoms in total. The molecule has 4 rings (SSSR count). The first-order chi connectivity index (χ1) is 14.5. The van der Waals surface area contributed by atoms with Gasteiger partial charge in [0.25, 0.3) is 0 Å². The van der Waals surface area contributed by atoms with E-state index in [1.54, 1.807) is 11.3 Å². The van der Waals surface area contributed by atoms with Gasteiger partial charge in [-0.1, -0.05) is 18.2 Å². The van der Waals surface area contributed by atoms with Gasteiger partial charge in [-0.2, -0.15) is 5.26 Å². The van der Waals surface area contributed by atoms with Crippen molar-refractivity contribution >= 4 is 17.3 Å². The second-order valence-electron chi connectivity index (χ2n) is 7.50. The number of benzene rings is 2. The minimum atomic E-state index is -0.743. The van der Waals surface area contributed by atoms with Crippen LogP contribution < -0.4 is 4.74 Å². The molecule has 0 aliphatic heterocycles. The zero-order chi connectivity index (χ0) is 21.1. The van der Waals surface area contributed by atoms with Gasteiger partial charge in [0.15, 0.2) is 0 Å². The van der Waals surface area contributed by atoms with E-state index in [2.05, 4.69) is 13.0 Å². The molecule has 1 aliphatic carbocycles. The first kappa shape index (κ1) is 20.1. The van der Waals surface area contributed by atoms with E-state index in [4.69, 9.17) is 20.1 Å². The van der Waals surface area contributed by atoms with Crippen molar-refractivity contribution in [3.05, 3.63) is 69.7 Å². The van der Waals surface area contributed by atoms with E-state index in [9.17, 15) is 4.79 Å². The summed E-state index contributed by atoms with van der Waals surface area (Å²) in [5.74, 6) is 0.196. The van der Waals surface area contributed by atoms with Crippen LogP contribution >= 0.6 is 11.3 Å². The maximum atomic E-state index is 11.0. The largest absolute Gasteiger partial charge is 0.493 e. The van der Waals surface area contributed by atoms with Crippen molar-refractivity contribution in [3.8, 4) is 22.4 Å². The van der Waals surface area contributed by atoms with Gasteiger partial charge < -0.3 is 9.84 Å². The van der Waals surface area contributed by atoms with Crippen molar-refractivity contribution in [2.45, 2.75) is 38.5 Å². The Kier molecular flexibility index (Phi) is 5.82. The van der Waals surface area contributed by atoms with Gasteiger partial charge in [-0.05, 0) is 61.1 Å². The quantitative estimate of drug-likeness (QED) is 0.576. The number of hydrogen-bond donors (Lipinski definition) is 1. The third-order valence-electron chi connectivity index (χ3n) is 5.50. The van der Waals surface area contributed by atoms with Crippen LogP contribution in [0, 0.1) is 18.3 Å². The number of ether oxygens (including phenoxy) is 1. The minimum Gasteiger partial charge on any atom is -0.493 e. The number of aryl methyl sites for hydroxylation is 2. The van der Waals surface area contributed by atoms with E-state index in [1.807, 2.05) is 42.5 Å². The topological polar surface area (TPSA) is 83.2 Å². The van der Waals surface area contributed by atoms with Crippen LogP contribution in [-0.2, 0) is 17.6 Å². The molecule has 3 aromatic rings. The molecule has 1 heterocycles. The van der Waals surface area contributed by atoms with Crippen LogP contribution in [0.3, 0.4) is 0 Å². The third kappa shape index (κ3) is 4.37. The van der Waals surface area contributed by atoms with Crippen molar-refractivity contribution < 1.29 is 14.6 Å². The van der Waals surface area contributed by atoms with Gasteiger partial charge in [-0.15, -0.1) is 11.3 Å². The Labute approximate surface area is 179 Å². The Bertz CT molecular complexity index is 1110. The predicted octanol–water partition coefficient (Wildman–Crippen LogP) is 5.12. The second-order valence-corrected chi connectivity index (χ2v) is 8.71. The van der Waals surface area contributed by atoms with E-state index >= 15 is 0 Å². The highest BCUT2D eigenvalue weighted by Crippen LogP contribution is 2.37. The van der Waals surface area contributed by atoms with Crippen molar-refractivity contribution in [3.63, 3.8) is 0 Å². The molecule has 0 radical (unpaired) electrons. The smallest absolute Gasteiger partial charge is 0.303 e. The summed E-state index contributed by atoms with van der Waals surface area (Å²) in [5.41, 5.74) is 5.04. The van der Waals surface area contributed by atoms with Crippen LogP contribution in [0.15, 0.2) is 42.5 Å². The van der Waals surface area contributed by atoms with E-state index < -0.39 is 5.97 Å². The van der Waals surface area contributed by atoms with E-state index in [0.29, 0.717) is 12.2 Å². The fourth-order valence-electron chi connectivity index (χ4n) is 3.93. The highest BCUT2D eigenvalue weighted by Gasteiger charge is 2.24. The molecule has 6 heteroatoms. The maximum Gasteiger partial charge on any atom is 0.303 e. The number of aromatic nitrogens is 1. The standard InChI is InChI=1S/C24H22N2O3S/c1-15-22(26-24(30-15)17-4-2-16(14-25)3-5-17)10-11-29-20-8-9-21-18(12-20)6-7-19(21)13-23(27)28/h2-5,8-9,12,19H,6-7,10-11,13H2,1H3,(H,27,28). The monoisotopic (exact) mass is 418 g/mol. The average Bonchev–Trinajstić information content (AvgIpc) is 3.31. The fourth-order valence-corrected chi connectivity index (χ4v) is 4.90. The molecule has 1 aromatic heterocycles. The second kappa shape index (κ2) is 8.68. The lowest BCUT2D eigenvalue weighted by Crippen LogP contribution is -2.04. The van der Waals surface area contributed by atoms with Gasteiger partial charge in [0.2, 0.25) is 0 Å². The lowest BCUT2D eigenvalue weighted by Gasteiger charge is -2.10. The van der Waals surface area contributed by atoms with Gasteiger partial charge in [0.1, 0.15) is 10.8 Å². The first-order valence-electron chi connectivity index (χ1n) is 9.97. The van der Waals surface area contributed by atoms with Gasteiger partial charge in [-0.25, -0.2) is 4.98 Å². The molecule has 2 aromatic carbocycles. The summed E-state index contributed by atoms with van der Waals surface area (Å²) in [6, 6.07) is 15.6.